The third-order valence-electron chi connectivity index (χ3n) is 3.05. The van der Waals surface area contributed by atoms with Crippen LogP contribution in [0, 0.1) is 0 Å². The van der Waals surface area contributed by atoms with Gasteiger partial charge in [0.1, 0.15) is 12.7 Å². The molecule has 2 aromatic rings. The lowest BCUT2D eigenvalue weighted by Crippen LogP contribution is -2.33. The van der Waals surface area contributed by atoms with Gasteiger partial charge < -0.3 is 10.0 Å². The number of aliphatic hydroxyl groups excluding tert-OH is 1. The smallest absolute Gasteiger partial charge is 0.258 e. The highest BCUT2D eigenvalue weighted by Crippen LogP contribution is 2.23. The van der Waals surface area contributed by atoms with E-state index in [4.69, 9.17) is 11.6 Å². The molecule has 1 aliphatic rings. The van der Waals surface area contributed by atoms with Crippen molar-refractivity contribution >= 4 is 17.5 Å². The average molecular weight is 282 g/mol. The molecule has 1 saturated heterocycles. The molecule has 2 aromatic heterocycles. The van der Waals surface area contributed by atoms with Crippen LogP contribution in [-0.4, -0.2) is 54.0 Å². The van der Waals surface area contributed by atoms with E-state index in [9.17, 15) is 5.11 Å². The third kappa shape index (κ3) is 2.36. The van der Waals surface area contributed by atoms with Crippen LogP contribution in [0.1, 0.15) is 12.8 Å². The average Bonchev–Trinajstić information content (AvgIpc) is 3.09. The minimum Gasteiger partial charge on any atom is -0.394 e. The van der Waals surface area contributed by atoms with Crippen molar-refractivity contribution in [2.75, 3.05) is 18.1 Å². The highest BCUT2D eigenvalue weighted by Gasteiger charge is 2.27. The lowest BCUT2D eigenvalue weighted by Gasteiger charge is -2.22. The van der Waals surface area contributed by atoms with E-state index in [2.05, 4.69) is 25.0 Å². The second-order valence-corrected chi connectivity index (χ2v) is 4.55. The van der Waals surface area contributed by atoms with Crippen LogP contribution in [-0.2, 0) is 0 Å². The number of nitrogens with zero attached hydrogens (tertiary/aromatic N) is 7. The van der Waals surface area contributed by atoms with Gasteiger partial charge in [-0.15, -0.1) is 0 Å². The predicted molar refractivity (Wildman–Crippen MR) is 67.2 cm³/mol. The lowest BCUT2D eigenvalue weighted by molar-refractivity contribution is 0.265. The number of rotatable bonds is 3. The van der Waals surface area contributed by atoms with Gasteiger partial charge in [0, 0.05) is 6.54 Å². The standard InChI is InChI=1S/C10H12ClN7O/c11-8-14-9(17-3-1-2-7(17)4-19)16-10(15-8)18-6-12-5-13-18/h5-7,19H,1-4H2. The largest absolute Gasteiger partial charge is 0.394 e. The molecule has 0 saturated carbocycles. The maximum Gasteiger partial charge on any atom is 0.258 e. The van der Waals surface area contributed by atoms with Gasteiger partial charge in [0.15, 0.2) is 0 Å². The van der Waals surface area contributed by atoms with Gasteiger partial charge in [-0.05, 0) is 24.4 Å². The maximum atomic E-state index is 9.35. The Labute approximate surface area is 114 Å². The van der Waals surface area contributed by atoms with Gasteiger partial charge in [-0.1, -0.05) is 0 Å². The van der Waals surface area contributed by atoms with Crippen LogP contribution in [0.4, 0.5) is 5.95 Å². The topological polar surface area (TPSA) is 92.8 Å². The Balaban J connectivity index is 1.98. The molecule has 8 nitrogen and oxygen atoms in total. The predicted octanol–water partition coefficient (Wildman–Crippen LogP) is 0.0668. The molecule has 100 valence electrons. The van der Waals surface area contributed by atoms with Crippen molar-refractivity contribution in [3.05, 3.63) is 17.9 Å². The zero-order valence-electron chi connectivity index (χ0n) is 10.0. The number of anilines is 1. The van der Waals surface area contributed by atoms with Gasteiger partial charge in [0.25, 0.3) is 5.95 Å². The second-order valence-electron chi connectivity index (χ2n) is 4.22. The molecule has 1 unspecified atom stereocenters. The normalized spacial score (nSPS) is 19.1. The van der Waals surface area contributed by atoms with Crippen LogP contribution in [0.3, 0.4) is 0 Å². The van der Waals surface area contributed by atoms with Crippen molar-refractivity contribution in [1.82, 2.24) is 29.7 Å². The van der Waals surface area contributed by atoms with Gasteiger partial charge in [0.05, 0.1) is 12.6 Å². The first kappa shape index (κ1) is 12.2. The summed E-state index contributed by atoms with van der Waals surface area (Å²) in [4.78, 5) is 18.2. The second kappa shape index (κ2) is 5.06. The fraction of sp³-hybridized carbons (Fsp3) is 0.500. The van der Waals surface area contributed by atoms with Crippen LogP contribution in [0.5, 0.6) is 0 Å². The minimum atomic E-state index is 0.0297. The van der Waals surface area contributed by atoms with E-state index >= 15 is 0 Å². The summed E-state index contributed by atoms with van der Waals surface area (Å²) in [6.45, 7) is 0.865. The molecular formula is C10H12ClN7O. The van der Waals surface area contributed by atoms with E-state index in [1.807, 2.05) is 4.90 Å². The Hall–Kier alpha value is -1.80. The fourth-order valence-electron chi connectivity index (χ4n) is 2.16. The zero-order valence-corrected chi connectivity index (χ0v) is 10.8. The summed E-state index contributed by atoms with van der Waals surface area (Å²) in [6, 6.07) is 0.0297. The summed E-state index contributed by atoms with van der Waals surface area (Å²) in [7, 11) is 0. The van der Waals surface area contributed by atoms with Crippen LogP contribution < -0.4 is 4.90 Å². The van der Waals surface area contributed by atoms with E-state index < -0.39 is 0 Å². The molecule has 0 amide bonds. The van der Waals surface area contributed by atoms with Crippen molar-refractivity contribution in [3.8, 4) is 5.95 Å². The molecule has 3 rings (SSSR count). The SMILES string of the molecule is OCC1CCCN1c1nc(Cl)nc(-n2cncn2)n1. The van der Waals surface area contributed by atoms with Crippen LogP contribution >= 0.6 is 11.6 Å². The number of aromatic nitrogens is 6. The molecule has 0 spiro atoms. The molecule has 1 aliphatic heterocycles. The first-order valence-corrected chi connectivity index (χ1v) is 6.30. The highest BCUT2D eigenvalue weighted by molar-refractivity contribution is 6.28. The maximum absolute atomic E-state index is 9.35. The van der Waals surface area contributed by atoms with Crippen LogP contribution in [0.25, 0.3) is 5.95 Å². The monoisotopic (exact) mass is 281 g/mol. The van der Waals surface area contributed by atoms with Gasteiger partial charge in [-0.3, -0.25) is 0 Å². The molecular weight excluding hydrogens is 270 g/mol. The first-order chi connectivity index (χ1) is 9.28. The van der Waals surface area contributed by atoms with E-state index in [1.165, 1.54) is 17.3 Å². The van der Waals surface area contributed by atoms with Crippen molar-refractivity contribution in [2.24, 2.45) is 0 Å². The van der Waals surface area contributed by atoms with Crippen molar-refractivity contribution < 1.29 is 5.11 Å². The quantitative estimate of drug-likeness (QED) is 0.851. The van der Waals surface area contributed by atoms with Crippen molar-refractivity contribution in [3.63, 3.8) is 0 Å². The third-order valence-corrected chi connectivity index (χ3v) is 3.22. The van der Waals surface area contributed by atoms with Gasteiger partial charge in [-0.2, -0.15) is 24.7 Å². The summed E-state index contributed by atoms with van der Waals surface area (Å²) >= 11 is 5.92. The number of hydrogen-bond donors (Lipinski definition) is 1. The Morgan fingerprint density at radius 1 is 1.32 bits per heavy atom. The van der Waals surface area contributed by atoms with Gasteiger partial charge >= 0.3 is 0 Å². The zero-order chi connectivity index (χ0) is 13.2. The van der Waals surface area contributed by atoms with E-state index in [-0.39, 0.29) is 17.9 Å². The van der Waals surface area contributed by atoms with Gasteiger partial charge in [0.2, 0.25) is 11.2 Å². The first-order valence-electron chi connectivity index (χ1n) is 5.92. The molecule has 3 heterocycles. The fourth-order valence-corrected chi connectivity index (χ4v) is 2.31. The molecule has 1 N–H and O–H groups in total. The molecule has 1 fully saturated rings. The van der Waals surface area contributed by atoms with Crippen molar-refractivity contribution in [1.29, 1.82) is 0 Å². The molecule has 9 heteroatoms. The Kier molecular flexibility index (Phi) is 3.26. The summed E-state index contributed by atoms with van der Waals surface area (Å²) in [6.07, 6.45) is 4.79. The highest BCUT2D eigenvalue weighted by atomic mass is 35.5. The Bertz CT molecular complexity index is 561. The van der Waals surface area contributed by atoms with E-state index in [0.29, 0.717) is 11.9 Å². The number of hydrogen-bond acceptors (Lipinski definition) is 7. The molecule has 0 aliphatic carbocycles. The molecule has 0 radical (unpaired) electrons. The Morgan fingerprint density at radius 3 is 2.89 bits per heavy atom. The van der Waals surface area contributed by atoms with Crippen LogP contribution in [0.2, 0.25) is 5.28 Å². The summed E-state index contributed by atoms with van der Waals surface area (Å²) < 4.78 is 1.42. The van der Waals surface area contributed by atoms with Gasteiger partial charge in [-0.25, -0.2) is 4.98 Å². The molecule has 0 bridgehead atoms. The summed E-state index contributed by atoms with van der Waals surface area (Å²) in [5, 5.41) is 13.4. The van der Waals surface area contributed by atoms with Crippen molar-refractivity contribution in [2.45, 2.75) is 18.9 Å². The molecule has 1 atom stereocenters. The number of aliphatic hydroxyl groups is 1. The van der Waals surface area contributed by atoms with Crippen LogP contribution in [0.15, 0.2) is 12.7 Å². The van der Waals surface area contributed by atoms with E-state index in [1.54, 1.807) is 0 Å². The summed E-state index contributed by atoms with van der Waals surface area (Å²) in [5.41, 5.74) is 0. The number of halogens is 1. The van der Waals surface area contributed by atoms with E-state index in [0.717, 1.165) is 19.4 Å². The summed E-state index contributed by atoms with van der Waals surface area (Å²) in [5.74, 6) is 0.776. The molecule has 0 aromatic carbocycles. The molecule has 19 heavy (non-hydrogen) atoms. The minimum absolute atomic E-state index is 0.0297. The lowest BCUT2D eigenvalue weighted by atomic mass is 10.2. The Morgan fingerprint density at radius 2 is 2.16 bits per heavy atom.